The van der Waals surface area contributed by atoms with Gasteiger partial charge in [-0.05, 0) is 57.8 Å². The second-order valence-electron chi connectivity index (χ2n) is 6.56. The number of aryl methyl sites for hydroxylation is 3. The van der Waals surface area contributed by atoms with Gasteiger partial charge in [-0.25, -0.2) is 0 Å². The van der Waals surface area contributed by atoms with Gasteiger partial charge in [-0.2, -0.15) is 0 Å². The summed E-state index contributed by atoms with van der Waals surface area (Å²) >= 11 is 0. The minimum absolute atomic E-state index is 0.168. The molecule has 0 bridgehead atoms. The van der Waals surface area contributed by atoms with Crippen LogP contribution in [-0.4, -0.2) is 48.2 Å². The molecule has 0 aromatic heterocycles. The first-order chi connectivity index (χ1) is 11.0. The Hall–Kier alpha value is -1.59. The van der Waals surface area contributed by atoms with Crippen LogP contribution in [-0.2, 0) is 4.84 Å². The highest BCUT2D eigenvalue weighted by Crippen LogP contribution is 2.16. The van der Waals surface area contributed by atoms with Gasteiger partial charge in [-0.3, -0.25) is 0 Å². The second kappa shape index (κ2) is 8.31. The van der Waals surface area contributed by atoms with Crippen molar-refractivity contribution in [2.45, 2.75) is 46.1 Å². The summed E-state index contributed by atoms with van der Waals surface area (Å²) < 4.78 is 0. The van der Waals surface area contributed by atoms with Gasteiger partial charge in [0.2, 0.25) is 0 Å². The smallest absolute Gasteiger partial charge is 0.170 e. The molecule has 5 nitrogen and oxygen atoms in total. The molecule has 0 radical (unpaired) electrons. The maximum atomic E-state index is 10.1. The Morgan fingerprint density at radius 3 is 2.43 bits per heavy atom. The molecule has 128 valence electrons. The molecular weight excluding hydrogens is 290 g/mol. The van der Waals surface area contributed by atoms with E-state index in [2.05, 4.69) is 29.1 Å². The van der Waals surface area contributed by atoms with Crippen LogP contribution in [0.15, 0.2) is 17.3 Å². The van der Waals surface area contributed by atoms with Crippen LogP contribution < -0.4 is 5.73 Å². The van der Waals surface area contributed by atoms with Crippen molar-refractivity contribution in [1.82, 2.24) is 4.90 Å². The van der Waals surface area contributed by atoms with Crippen molar-refractivity contribution in [2.24, 2.45) is 10.9 Å². The van der Waals surface area contributed by atoms with Crippen molar-refractivity contribution >= 4 is 5.84 Å². The Bertz CT molecular complexity index is 528. The van der Waals surface area contributed by atoms with Crippen LogP contribution in [0.2, 0.25) is 0 Å². The summed E-state index contributed by atoms with van der Waals surface area (Å²) in [6.45, 7) is 9.02. The minimum atomic E-state index is -0.537. The molecule has 1 fully saturated rings. The number of nitrogens with zero attached hydrogens (tertiary/aromatic N) is 2. The maximum absolute atomic E-state index is 10.1. The second-order valence-corrected chi connectivity index (χ2v) is 6.56. The topological polar surface area (TPSA) is 71.1 Å². The summed E-state index contributed by atoms with van der Waals surface area (Å²) in [6, 6.07) is 4.16. The Kier molecular flexibility index (Phi) is 6.42. The lowest BCUT2D eigenvalue weighted by atomic mass is 9.99. The fourth-order valence-electron chi connectivity index (χ4n) is 3.32. The number of piperidine rings is 1. The number of aliphatic hydroxyl groups excluding tert-OH is 1. The van der Waals surface area contributed by atoms with Crippen LogP contribution in [0.5, 0.6) is 0 Å². The third-order valence-electron chi connectivity index (χ3n) is 4.28. The average molecular weight is 319 g/mol. The predicted molar refractivity (Wildman–Crippen MR) is 93.6 cm³/mol. The van der Waals surface area contributed by atoms with E-state index in [4.69, 9.17) is 10.6 Å². The number of β-amino-alcohol motifs (C(OH)–C–C–N with tert-alkyl or cyclic N) is 1. The molecule has 1 aromatic rings. The van der Waals surface area contributed by atoms with E-state index in [0.717, 1.165) is 29.8 Å². The highest BCUT2D eigenvalue weighted by atomic mass is 16.6. The van der Waals surface area contributed by atoms with Crippen molar-refractivity contribution in [2.75, 3.05) is 26.2 Å². The van der Waals surface area contributed by atoms with Gasteiger partial charge < -0.3 is 20.6 Å². The molecule has 2 rings (SSSR count). The first kappa shape index (κ1) is 17.8. The van der Waals surface area contributed by atoms with Gasteiger partial charge in [0.1, 0.15) is 12.7 Å². The lowest BCUT2D eigenvalue weighted by molar-refractivity contribution is 0.0157. The van der Waals surface area contributed by atoms with Crippen molar-refractivity contribution in [1.29, 1.82) is 0 Å². The zero-order valence-electron chi connectivity index (χ0n) is 14.5. The Labute approximate surface area is 139 Å². The van der Waals surface area contributed by atoms with Crippen molar-refractivity contribution in [3.05, 3.63) is 34.4 Å². The number of rotatable bonds is 6. The number of oxime groups is 1. The molecule has 0 amide bonds. The number of nitrogens with two attached hydrogens (primary N) is 1. The highest BCUT2D eigenvalue weighted by Gasteiger charge is 2.15. The normalized spacial score (nSPS) is 18.0. The standard InChI is InChI=1S/C18H29N3O2/c1-13-9-14(2)17(15(3)10-13)18(19)20-23-12-16(22)11-21-7-5-4-6-8-21/h9-10,16,22H,4-8,11-12H2,1-3H3,(H2,19,20). The molecule has 3 N–H and O–H groups in total. The van der Waals surface area contributed by atoms with E-state index in [-0.39, 0.29) is 6.61 Å². The summed E-state index contributed by atoms with van der Waals surface area (Å²) in [6.07, 6.45) is 3.18. The minimum Gasteiger partial charge on any atom is -0.391 e. The van der Waals surface area contributed by atoms with E-state index in [1.807, 2.05) is 13.8 Å². The fraction of sp³-hybridized carbons (Fsp3) is 0.611. The highest BCUT2D eigenvalue weighted by molar-refractivity contribution is 5.99. The van der Waals surface area contributed by atoms with E-state index < -0.39 is 6.10 Å². The zero-order chi connectivity index (χ0) is 16.8. The molecule has 1 atom stereocenters. The molecule has 1 unspecified atom stereocenters. The molecule has 0 aliphatic carbocycles. The van der Waals surface area contributed by atoms with Crippen LogP contribution >= 0.6 is 0 Å². The Morgan fingerprint density at radius 2 is 1.83 bits per heavy atom. The number of hydrogen-bond acceptors (Lipinski definition) is 4. The van der Waals surface area contributed by atoms with Crippen LogP contribution in [0, 0.1) is 20.8 Å². The number of benzene rings is 1. The molecule has 1 aliphatic heterocycles. The van der Waals surface area contributed by atoms with Crippen LogP contribution in [0.25, 0.3) is 0 Å². The summed E-state index contributed by atoms with van der Waals surface area (Å²) in [5.41, 5.74) is 10.3. The maximum Gasteiger partial charge on any atom is 0.170 e. The van der Waals surface area contributed by atoms with Gasteiger partial charge in [-0.1, -0.05) is 29.3 Å². The molecule has 1 aliphatic rings. The molecule has 1 aromatic carbocycles. The zero-order valence-corrected chi connectivity index (χ0v) is 14.5. The van der Waals surface area contributed by atoms with Crippen LogP contribution in [0.4, 0.5) is 0 Å². The third-order valence-corrected chi connectivity index (χ3v) is 4.28. The SMILES string of the molecule is Cc1cc(C)c(C(N)=NOCC(O)CN2CCCCC2)c(C)c1. The first-order valence-corrected chi connectivity index (χ1v) is 8.41. The number of hydrogen-bond donors (Lipinski definition) is 2. The summed E-state index contributed by atoms with van der Waals surface area (Å²) in [4.78, 5) is 7.56. The van der Waals surface area contributed by atoms with E-state index in [0.29, 0.717) is 12.4 Å². The number of likely N-dealkylation sites (tertiary alicyclic amines) is 1. The van der Waals surface area contributed by atoms with Crippen molar-refractivity contribution in [3.8, 4) is 0 Å². The van der Waals surface area contributed by atoms with Crippen molar-refractivity contribution in [3.63, 3.8) is 0 Å². The lowest BCUT2D eigenvalue weighted by Gasteiger charge is -2.27. The molecule has 1 heterocycles. The summed E-state index contributed by atoms with van der Waals surface area (Å²) in [5, 5.41) is 14.0. The van der Waals surface area contributed by atoms with Gasteiger partial charge in [-0.15, -0.1) is 0 Å². The Morgan fingerprint density at radius 1 is 1.22 bits per heavy atom. The van der Waals surface area contributed by atoms with Gasteiger partial charge in [0.15, 0.2) is 5.84 Å². The molecule has 23 heavy (non-hydrogen) atoms. The van der Waals surface area contributed by atoms with E-state index >= 15 is 0 Å². The Balaban J connectivity index is 1.87. The van der Waals surface area contributed by atoms with Gasteiger partial charge in [0, 0.05) is 12.1 Å². The number of aliphatic hydroxyl groups is 1. The van der Waals surface area contributed by atoms with Gasteiger partial charge >= 0.3 is 0 Å². The largest absolute Gasteiger partial charge is 0.391 e. The quantitative estimate of drug-likeness (QED) is 0.478. The van der Waals surface area contributed by atoms with E-state index in [9.17, 15) is 5.11 Å². The molecule has 0 saturated carbocycles. The van der Waals surface area contributed by atoms with Crippen molar-refractivity contribution < 1.29 is 9.94 Å². The van der Waals surface area contributed by atoms with E-state index in [1.165, 1.54) is 24.8 Å². The third kappa shape index (κ3) is 5.22. The molecule has 1 saturated heterocycles. The fourth-order valence-corrected chi connectivity index (χ4v) is 3.32. The van der Waals surface area contributed by atoms with Crippen LogP contribution in [0.3, 0.4) is 0 Å². The summed E-state index contributed by atoms with van der Waals surface area (Å²) in [7, 11) is 0. The summed E-state index contributed by atoms with van der Waals surface area (Å²) in [5.74, 6) is 0.366. The predicted octanol–water partition coefficient (Wildman–Crippen LogP) is 2.10. The van der Waals surface area contributed by atoms with Gasteiger partial charge in [0.25, 0.3) is 0 Å². The molecular formula is C18H29N3O2. The van der Waals surface area contributed by atoms with Crippen LogP contribution in [0.1, 0.15) is 41.5 Å². The molecule has 5 heteroatoms. The van der Waals surface area contributed by atoms with Gasteiger partial charge in [0.05, 0.1) is 0 Å². The monoisotopic (exact) mass is 319 g/mol. The lowest BCUT2D eigenvalue weighted by Crippen LogP contribution is -2.38. The number of amidine groups is 1. The average Bonchev–Trinajstić information content (AvgIpc) is 2.47. The molecule has 0 spiro atoms. The van der Waals surface area contributed by atoms with E-state index in [1.54, 1.807) is 0 Å². The first-order valence-electron chi connectivity index (χ1n) is 8.41.